The van der Waals surface area contributed by atoms with Crippen molar-refractivity contribution in [3.63, 3.8) is 0 Å². The van der Waals surface area contributed by atoms with Crippen LogP contribution >= 0.6 is 0 Å². The van der Waals surface area contributed by atoms with Crippen LogP contribution in [0.3, 0.4) is 0 Å². The molecule has 94 valence electrons. The van der Waals surface area contributed by atoms with Crippen molar-refractivity contribution in [1.82, 2.24) is 10.2 Å². The lowest BCUT2D eigenvalue weighted by molar-refractivity contribution is 0.462. The molecule has 0 aliphatic heterocycles. The summed E-state index contributed by atoms with van der Waals surface area (Å²) >= 11 is 0. The maximum atomic E-state index is 13.5. The van der Waals surface area contributed by atoms with Crippen molar-refractivity contribution in [3.05, 3.63) is 57.3 Å². The lowest BCUT2D eigenvalue weighted by Gasteiger charge is -2.04. The first-order valence-electron chi connectivity index (χ1n) is 5.59. The van der Waals surface area contributed by atoms with Gasteiger partial charge in [-0.15, -0.1) is 0 Å². The molecule has 0 aliphatic carbocycles. The molecule has 0 spiro atoms. The van der Waals surface area contributed by atoms with Crippen LogP contribution in [-0.4, -0.2) is 15.3 Å². The Morgan fingerprint density at radius 3 is 2.83 bits per heavy atom. The van der Waals surface area contributed by atoms with Crippen molar-refractivity contribution in [3.8, 4) is 5.75 Å². The molecule has 1 aromatic carbocycles. The molecule has 0 unspecified atom stereocenters. The second-order valence-corrected chi connectivity index (χ2v) is 4.17. The third-order valence-electron chi connectivity index (χ3n) is 2.69. The summed E-state index contributed by atoms with van der Waals surface area (Å²) in [6.07, 6.45) is 0.913. The molecule has 5 heteroatoms. The molecule has 0 fully saturated rings. The Kier molecular flexibility index (Phi) is 3.41. The van der Waals surface area contributed by atoms with E-state index in [0.29, 0.717) is 24.1 Å². The van der Waals surface area contributed by atoms with Crippen molar-refractivity contribution in [2.24, 2.45) is 0 Å². The quantitative estimate of drug-likeness (QED) is 0.869. The number of nitrogens with one attached hydrogen (secondary N) is 1. The summed E-state index contributed by atoms with van der Waals surface area (Å²) < 4.78 is 13.5. The maximum absolute atomic E-state index is 13.5. The van der Waals surface area contributed by atoms with E-state index in [9.17, 15) is 14.3 Å². The standard InChI is InChI=1S/C13H13FN2O2/c1-8-2-5-11(14)9(6-8)3-4-10-7-12(17)13(18)16-15-10/h2,5-7H,3-4H2,1H3,(H,15,17)(H,16,18). The summed E-state index contributed by atoms with van der Waals surface area (Å²) in [5, 5.41) is 15.2. The summed E-state index contributed by atoms with van der Waals surface area (Å²) in [4.78, 5) is 10.9. The Morgan fingerprint density at radius 2 is 2.11 bits per heavy atom. The van der Waals surface area contributed by atoms with Crippen LogP contribution in [0.1, 0.15) is 16.8 Å². The Balaban J connectivity index is 2.13. The van der Waals surface area contributed by atoms with Crippen molar-refractivity contribution >= 4 is 0 Å². The average molecular weight is 248 g/mol. The number of halogens is 1. The third kappa shape index (κ3) is 2.74. The molecule has 0 radical (unpaired) electrons. The van der Waals surface area contributed by atoms with Gasteiger partial charge in [-0.1, -0.05) is 17.7 Å². The van der Waals surface area contributed by atoms with Gasteiger partial charge in [0.05, 0.1) is 5.69 Å². The maximum Gasteiger partial charge on any atom is 0.306 e. The minimum Gasteiger partial charge on any atom is -0.503 e. The van der Waals surface area contributed by atoms with Crippen LogP contribution in [0, 0.1) is 12.7 Å². The molecule has 0 bridgehead atoms. The van der Waals surface area contributed by atoms with E-state index in [1.165, 1.54) is 12.1 Å². The number of nitrogens with zero attached hydrogens (tertiary/aromatic N) is 1. The van der Waals surface area contributed by atoms with Crippen LogP contribution in [0.15, 0.2) is 29.1 Å². The smallest absolute Gasteiger partial charge is 0.306 e. The minimum atomic E-state index is -0.625. The molecular formula is C13H13FN2O2. The number of aromatic amines is 1. The number of hydrogen-bond donors (Lipinski definition) is 2. The van der Waals surface area contributed by atoms with E-state index in [1.807, 2.05) is 6.92 Å². The van der Waals surface area contributed by atoms with E-state index in [4.69, 9.17) is 0 Å². The van der Waals surface area contributed by atoms with E-state index in [0.717, 1.165) is 5.56 Å². The van der Waals surface area contributed by atoms with Gasteiger partial charge >= 0.3 is 5.56 Å². The van der Waals surface area contributed by atoms with Crippen molar-refractivity contribution in [2.45, 2.75) is 19.8 Å². The average Bonchev–Trinajstić information content (AvgIpc) is 2.34. The van der Waals surface area contributed by atoms with E-state index in [1.54, 1.807) is 12.1 Å². The van der Waals surface area contributed by atoms with E-state index >= 15 is 0 Å². The number of aryl methyl sites for hydroxylation is 3. The highest BCUT2D eigenvalue weighted by Gasteiger charge is 2.05. The SMILES string of the molecule is Cc1ccc(F)c(CCc2cc(O)c(=O)[nH]n2)c1. The predicted molar refractivity (Wildman–Crippen MR) is 65.1 cm³/mol. The van der Waals surface area contributed by atoms with Gasteiger partial charge in [-0.3, -0.25) is 4.79 Å². The Hall–Kier alpha value is -2.17. The molecule has 18 heavy (non-hydrogen) atoms. The molecule has 0 saturated carbocycles. The Labute approximate surface area is 103 Å². The van der Waals surface area contributed by atoms with Gasteiger partial charge in [-0.25, -0.2) is 9.49 Å². The first-order valence-corrected chi connectivity index (χ1v) is 5.59. The van der Waals surface area contributed by atoms with E-state index < -0.39 is 5.56 Å². The summed E-state index contributed by atoms with van der Waals surface area (Å²) in [5.41, 5.74) is 1.49. The predicted octanol–water partition coefficient (Wildman–Crippen LogP) is 1.71. The van der Waals surface area contributed by atoms with Crippen LogP contribution in [0.2, 0.25) is 0 Å². The second-order valence-electron chi connectivity index (χ2n) is 4.17. The lowest BCUT2D eigenvalue weighted by Crippen LogP contribution is -2.09. The van der Waals surface area contributed by atoms with Crippen LogP contribution in [0.5, 0.6) is 5.75 Å². The molecule has 0 aliphatic rings. The first kappa shape index (κ1) is 12.3. The molecular weight excluding hydrogens is 235 g/mol. The van der Waals surface area contributed by atoms with Gasteiger partial charge in [0.2, 0.25) is 0 Å². The van der Waals surface area contributed by atoms with Crippen molar-refractivity contribution in [1.29, 1.82) is 0 Å². The molecule has 2 rings (SSSR count). The fourth-order valence-electron chi connectivity index (χ4n) is 1.72. The highest BCUT2D eigenvalue weighted by Crippen LogP contribution is 2.13. The van der Waals surface area contributed by atoms with Crippen molar-refractivity contribution < 1.29 is 9.50 Å². The van der Waals surface area contributed by atoms with Crippen LogP contribution < -0.4 is 5.56 Å². The van der Waals surface area contributed by atoms with Gasteiger partial charge < -0.3 is 5.11 Å². The largest absolute Gasteiger partial charge is 0.503 e. The van der Waals surface area contributed by atoms with Gasteiger partial charge in [0, 0.05) is 6.07 Å². The lowest BCUT2D eigenvalue weighted by atomic mass is 10.0. The zero-order valence-corrected chi connectivity index (χ0v) is 9.90. The minimum absolute atomic E-state index is 0.255. The summed E-state index contributed by atoms with van der Waals surface area (Å²) in [5.74, 6) is -0.626. The number of rotatable bonds is 3. The Morgan fingerprint density at radius 1 is 1.33 bits per heavy atom. The van der Waals surface area contributed by atoms with E-state index in [2.05, 4.69) is 10.2 Å². The zero-order valence-electron chi connectivity index (χ0n) is 9.90. The first-order chi connectivity index (χ1) is 8.56. The van der Waals surface area contributed by atoms with Gasteiger partial charge in [0.1, 0.15) is 5.82 Å². The Bertz CT molecular complexity index is 623. The summed E-state index contributed by atoms with van der Waals surface area (Å²) in [7, 11) is 0. The van der Waals surface area contributed by atoms with Gasteiger partial charge in [-0.2, -0.15) is 5.10 Å². The number of benzene rings is 1. The topological polar surface area (TPSA) is 66.0 Å². The molecule has 1 aromatic heterocycles. The number of aromatic hydroxyl groups is 1. The molecule has 0 saturated heterocycles. The van der Waals surface area contributed by atoms with Crippen LogP contribution in [0.4, 0.5) is 4.39 Å². The fourth-order valence-corrected chi connectivity index (χ4v) is 1.72. The summed E-state index contributed by atoms with van der Waals surface area (Å²) in [6, 6.07) is 6.22. The summed E-state index contributed by atoms with van der Waals surface area (Å²) in [6.45, 7) is 1.90. The highest BCUT2D eigenvalue weighted by molar-refractivity contribution is 5.25. The second kappa shape index (κ2) is 5.00. The number of hydrogen-bond acceptors (Lipinski definition) is 3. The zero-order chi connectivity index (χ0) is 13.1. The molecule has 0 amide bonds. The monoisotopic (exact) mass is 248 g/mol. The number of H-pyrrole nitrogens is 1. The molecule has 0 atom stereocenters. The highest BCUT2D eigenvalue weighted by atomic mass is 19.1. The molecule has 1 heterocycles. The van der Waals surface area contributed by atoms with E-state index in [-0.39, 0.29) is 11.6 Å². The molecule has 2 aromatic rings. The van der Waals surface area contributed by atoms with Crippen molar-refractivity contribution in [2.75, 3.05) is 0 Å². The van der Waals surface area contributed by atoms with Crippen LogP contribution in [-0.2, 0) is 12.8 Å². The van der Waals surface area contributed by atoms with Gasteiger partial charge in [0.15, 0.2) is 5.75 Å². The molecule has 4 nitrogen and oxygen atoms in total. The van der Waals surface area contributed by atoms with Crippen LogP contribution in [0.25, 0.3) is 0 Å². The fraction of sp³-hybridized carbons (Fsp3) is 0.231. The van der Waals surface area contributed by atoms with Gasteiger partial charge in [0.25, 0.3) is 0 Å². The third-order valence-corrected chi connectivity index (χ3v) is 2.69. The normalized spacial score (nSPS) is 10.6. The molecule has 2 N–H and O–H groups in total. The number of aromatic nitrogens is 2. The van der Waals surface area contributed by atoms with Gasteiger partial charge in [-0.05, 0) is 31.4 Å².